The van der Waals surface area contributed by atoms with Crippen molar-refractivity contribution in [3.8, 4) is 5.75 Å². The molecule has 6 heteroatoms. The van der Waals surface area contributed by atoms with Crippen LogP contribution in [0.15, 0.2) is 53.5 Å². The third kappa shape index (κ3) is 6.71. The zero-order chi connectivity index (χ0) is 22.1. The molecule has 1 atom stereocenters. The fraction of sp³-hybridized carbons (Fsp3) is 0.480. The van der Waals surface area contributed by atoms with Crippen molar-refractivity contribution in [3.05, 3.63) is 65.2 Å². The van der Waals surface area contributed by atoms with E-state index in [9.17, 15) is 0 Å². The van der Waals surface area contributed by atoms with Crippen LogP contribution in [0.5, 0.6) is 5.75 Å². The van der Waals surface area contributed by atoms with Crippen molar-refractivity contribution in [1.29, 1.82) is 0 Å². The van der Waals surface area contributed by atoms with Crippen LogP contribution in [0, 0.1) is 0 Å². The van der Waals surface area contributed by atoms with Crippen molar-refractivity contribution < 1.29 is 4.74 Å². The van der Waals surface area contributed by atoms with Crippen LogP contribution in [-0.2, 0) is 13.1 Å². The number of likely N-dealkylation sites (tertiary alicyclic amines) is 1. The van der Waals surface area contributed by atoms with Crippen molar-refractivity contribution in [3.63, 3.8) is 0 Å². The molecule has 0 saturated carbocycles. The van der Waals surface area contributed by atoms with Gasteiger partial charge in [0, 0.05) is 26.7 Å². The summed E-state index contributed by atoms with van der Waals surface area (Å²) in [7, 11) is 7.75. The van der Waals surface area contributed by atoms with Crippen molar-refractivity contribution >= 4 is 5.96 Å². The fourth-order valence-corrected chi connectivity index (χ4v) is 4.18. The van der Waals surface area contributed by atoms with E-state index in [1.165, 1.54) is 29.5 Å². The topological polar surface area (TPSA) is 52.1 Å². The standard InChI is InChI=1S/C25H37N5O/c1-26-25(27-17-21-10-5-6-11-22(21)19-29(2)3)28-18-24(30-14-7-8-15-30)20-12-9-13-23(16-20)31-4/h5-6,9-13,16,24H,7-8,14-15,17-19H2,1-4H3,(H2,26,27,28). The van der Waals surface area contributed by atoms with E-state index in [-0.39, 0.29) is 6.04 Å². The third-order valence-electron chi connectivity index (χ3n) is 5.80. The van der Waals surface area contributed by atoms with Crippen LogP contribution in [0.1, 0.15) is 35.6 Å². The maximum Gasteiger partial charge on any atom is 0.191 e. The molecule has 1 unspecified atom stereocenters. The molecule has 0 radical (unpaired) electrons. The Bertz CT molecular complexity index is 845. The summed E-state index contributed by atoms with van der Waals surface area (Å²) in [6.07, 6.45) is 2.52. The molecule has 1 heterocycles. The van der Waals surface area contributed by atoms with Crippen LogP contribution in [0.2, 0.25) is 0 Å². The molecule has 0 aromatic heterocycles. The number of rotatable bonds is 9. The SMILES string of the molecule is CN=C(NCc1ccccc1CN(C)C)NCC(c1cccc(OC)c1)N1CCCC1. The number of nitrogens with zero attached hydrogens (tertiary/aromatic N) is 3. The van der Waals surface area contributed by atoms with Crippen molar-refractivity contribution in [1.82, 2.24) is 20.4 Å². The van der Waals surface area contributed by atoms with Gasteiger partial charge in [0.15, 0.2) is 5.96 Å². The first-order chi connectivity index (χ1) is 15.1. The first kappa shape index (κ1) is 23.1. The molecule has 31 heavy (non-hydrogen) atoms. The summed E-state index contributed by atoms with van der Waals surface area (Å²) in [6.45, 7) is 4.74. The first-order valence-corrected chi connectivity index (χ1v) is 11.1. The summed E-state index contributed by atoms with van der Waals surface area (Å²) in [5.74, 6) is 1.73. The molecule has 0 amide bonds. The molecule has 1 aliphatic rings. The lowest BCUT2D eigenvalue weighted by molar-refractivity contribution is 0.245. The second-order valence-corrected chi connectivity index (χ2v) is 8.35. The minimum atomic E-state index is 0.289. The Labute approximate surface area is 187 Å². The number of aliphatic imine (C=N–C) groups is 1. The highest BCUT2D eigenvalue weighted by Crippen LogP contribution is 2.27. The second-order valence-electron chi connectivity index (χ2n) is 8.35. The summed E-state index contributed by atoms with van der Waals surface area (Å²) < 4.78 is 5.46. The number of ether oxygens (including phenoxy) is 1. The largest absolute Gasteiger partial charge is 0.497 e. The van der Waals surface area contributed by atoms with Crippen molar-refractivity contribution in [2.24, 2.45) is 4.99 Å². The Kier molecular flexibility index (Phi) is 8.74. The fourth-order valence-electron chi connectivity index (χ4n) is 4.18. The van der Waals surface area contributed by atoms with E-state index in [0.717, 1.165) is 44.4 Å². The number of methoxy groups -OCH3 is 1. The Morgan fingerprint density at radius 3 is 2.48 bits per heavy atom. The quantitative estimate of drug-likeness (QED) is 0.479. The molecular weight excluding hydrogens is 386 g/mol. The van der Waals surface area contributed by atoms with E-state index in [1.807, 2.05) is 13.1 Å². The number of nitrogens with one attached hydrogen (secondary N) is 2. The maximum absolute atomic E-state index is 5.46. The normalized spacial score (nSPS) is 15.8. The Morgan fingerprint density at radius 1 is 1.06 bits per heavy atom. The van der Waals surface area contributed by atoms with Gasteiger partial charge < -0.3 is 20.3 Å². The van der Waals surface area contributed by atoms with Gasteiger partial charge in [0.2, 0.25) is 0 Å². The smallest absolute Gasteiger partial charge is 0.191 e. The van der Waals surface area contributed by atoms with Gasteiger partial charge in [0.05, 0.1) is 13.2 Å². The van der Waals surface area contributed by atoms with E-state index in [2.05, 4.69) is 82.0 Å². The van der Waals surface area contributed by atoms with E-state index in [1.54, 1.807) is 7.11 Å². The van der Waals surface area contributed by atoms with Gasteiger partial charge in [-0.15, -0.1) is 0 Å². The summed E-state index contributed by atoms with van der Waals surface area (Å²) in [5.41, 5.74) is 3.91. The van der Waals surface area contributed by atoms with Gasteiger partial charge in [0.25, 0.3) is 0 Å². The predicted octanol–water partition coefficient (Wildman–Crippen LogP) is 3.26. The lowest BCUT2D eigenvalue weighted by Gasteiger charge is -2.29. The lowest BCUT2D eigenvalue weighted by Crippen LogP contribution is -2.42. The Hall–Kier alpha value is -2.57. The number of hydrogen-bond acceptors (Lipinski definition) is 4. The summed E-state index contributed by atoms with van der Waals surface area (Å²) in [4.78, 5) is 9.21. The van der Waals surface area contributed by atoms with Gasteiger partial charge in [-0.25, -0.2) is 0 Å². The molecule has 0 bridgehead atoms. The highest BCUT2D eigenvalue weighted by atomic mass is 16.5. The van der Waals surface area contributed by atoms with Crippen LogP contribution in [0.3, 0.4) is 0 Å². The van der Waals surface area contributed by atoms with Gasteiger partial charge in [0.1, 0.15) is 5.75 Å². The van der Waals surface area contributed by atoms with Gasteiger partial charge in [-0.1, -0.05) is 36.4 Å². The average Bonchev–Trinajstić information content (AvgIpc) is 3.31. The highest BCUT2D eigenvalue weighted by Gasteiger charge is 2.24. The summed E-state index contributed by atoms with van der Waals surface area (Å²) in [6, 6.07) is 17.3. The van der Waals surface area contributed by atoms with Gasteiger partial charge >= 0.3 is 0 Å². The minimum absolute atomic E-state index is 0.289. The van der Waals surface area contributed by atoms with E-state index in [0.29, 0.717) is 0 Å². The van der Waals surface area contributed by atoms with Crippen LogP contribution in [-0.4, -0.2) is 63.6 Å². The lowest BCUT2D eigenvalue weighted by atomic mass is 10.0. The monoisotopic (exact) mass is 423 g/mol. The Balaban J connectivity index is 1.65. The van der Waals surface area contributed by atoms with Crippen molar-refractivity contribution in [2.75, 3.05) is 47.9 Å². The molecule has 168 valence electrons. The zero-order valence-corrected chi connectivity index (χ0v) is 19.4. The number of benzene rings is 2. The molecule has 1 fully saturated rings. The molecule has 1 saturated heterocycles. The average molecular weight is 424 g/mol. The van der Waals surface area contributed by atoms with Gasteiger partial charge in [-0.2, -0.15) is 0 Å². The van der Waals surface area contributed by atoms with Gasteiger partial charge in [-0.3, -0.25) is 9.89 Å². The molecule has 2 aromatic rings. The molecule has 3 rings (SSSR count). The summed E-state index contributed by atoms with van der Waals surface area (Å²) in [5, 5.41) is 7.06. The second kappa shape index (κ2) is 11.7. The third-order valence-corrected chi connectivity index (χ3v) is 5.80. The van der Waals surface area contributed by atoms with Crippen molar-refractivity contribution in [2.45, 2.75) is 32.0 Å². The Morgan fingerprint density at radius 2 is 1.81 bits per heavy atom. The molecule has 2 aromatic carbocycles. The van der Waals surface area contributed by atoms with Crippen LogP contribution in [0.25, 0.3) is 0 Å². The van der Waals surface area contributed by atoms with Crippen LogP contribution in [0.4, 0.5) is 0 Å². The maximum atomic E-state index is 5.46. The zero-order valence-electron chi connectivity index (χ0n) is 19.4. The van der Waals surface area contributed by atoms with Crippen LogP contribution >= 0.6 is 0 Å². The van der Waals surface area contributed by atoms with E-state index < -0.39 is 0 Å². The molecule has 1 aliphatic heterocycles. The van der Waals surface area contributed by atoms with Gasteiger partial charge in [-0.05, 0) is 68.8 Å². The summed E-state index contributed by atoms with van der Waals surface area (Å²) >= 11 is 0. The van der Waals surface area contributed by atoms with Crippen LogP contribution < -0.4 is 15.4 Å². The highest BCUT2D eigenvalue weighted by molar-refractivity contribution is 5.79. The first-order valence-electron chi connectivity index (χ1n) is 11.1. The molecule has 0 aliphatic carbocycles. The minimum Gasteiger partial charge on any atom is -0.497 e. The number of guanidine groups is 1. The predicted molar refractivity (Wildman–Crippen MR) is 129 cm³/mol. The van der Waals surface area contributed by atoms with E-state index in [4.69, 9.17) is 4.74 Å². The molecule has 2 N–H and O–H groups in total. The molecule has 6 nitrogen and oxygen atoms in total. The molecular formula is C25H37N5O. The van der Waals surface area contributed by atoms with E-state index >= 15 is 0 Å². The molecule has 0 spiro atoms. The number of hydrogen-bond donors (Lipinski definition) is 2.